The fourth-order valence-electron chi connectivity index (χ4n) is 2.91. The van der Waals surface area contributed by atoms with Gasteiger partial charge in [0, 0.05) is 35.7 Å². The van der Waals surface area contributed by atoms with Crippen LogP contribution < -0.4 is 5.32 Å². The molecule has 1 heterocycles. The molecule has 0 saturated carbocycles. The van der Waals surface area contributed by atoms with Gasteiger partial charge in [0.05, 0.1) is 6.54 Å². The van der Waals surface area contributed by atoms with E-state index in [1.807, 2.05) is 24.1 Å². The van der Waals surface area contributed by atoms with Crippen molar-refractivity contribution in [3.05, 3.63) is 33.8 Å². The molecule has 0 atom stereocenters. The summed E-state index contributed by atoms with van der Waals surface area (Å²) in [6, 6.07) is 5.75. The number of carbonyl (C=O) groups is 1. The van der Waals surface area contributed by atoms with Crippen molar-refractivity contribution >= 4 is 29.1 Å². The lowest BCUT2D eigenvalue weighted by Gasteiger charge is -2.31. The minimum atomic E-state index is 0.0764. The lowest BCUT2D eigenvalue weighted by molar-refractivity contribution is -0.123. The number of carbonyl (C=O) groups excluding carboxylic acids is 1. The molecular weight excluding hydrogens is 333 g/mol. The molecule has 1 N–H and O–H groups in total. The molecule has 1 aliphatic heterocycles. The Morgan fingerprint density at radius 3 is 2.65 bits per heavy atom. The van der Waals surface area contributed by atoms with Crippen molar-refractivity contribution in [3.8, 4) is 0 Å². The summed E-state index contributed by atoms with van der Waals surface area (Å²) >= 11 is 12.1. The molecule has 0 aliphatic carbocycles. The van der Waals surface area contributed by atoms with E-state index in [1.54, 1.807) is 6.07 Å². The Balaban J connectivity index is 1.76. The van der Waals surface area contributed by atoms with E-state index in [1.165, 1.54) is 0 Å². The van der Waals surface area contributed by atoms with Gasteiger partial charge in [-0.15, -0.1) is 0 Å². The van der Waals surface area contributed by atoms with Gasteiger partial charge in [-0.25, -0.2) is 0 Å². The summed E-state index contributed by atoms with van der Waals surface area (Å²) in [6.45, 7) is 6.39. The van der Waals surface area contributed by atoms with Crippen LogP contribution in [-0.2, 0) is 11.3 Å². The monoisotopic (exact) mass is 357 g/mol. The van der Waals surface area contributed by atoms with Crippen LogP contribution in [0.2, 0.25) is 10.0 Å². The second kappa shape index (κ2) is 8.88. The molecule has 0 spiro atoms. The Bertz CT molecular complexity index is 531. The van der Waals surface area contributed by atoms with E-state index < -0.39 is 0 Å². The molecule has 1 amide bonds. The highest BCUT2D eigenvalue weighted by Crippen LogP contribution is 2.21. The molecule has 2 rings (SSSR count). The number of hydrogen-bond donors (Lipinski definition) is 1. The van der Waals surface area contributed by atoms with Crippen LogP contribution in [0, 0.1) is 0 Å². The predicted octanol–water partition coefficient (Wildman–Crippen LogP) is 3.03. The number of rotatable bonds is 6. The van der Waals surface area contributed by atoms with Crippen molar-refractivity contribution in [2.24, 2.45) is 0 Å². The van der Waals surface area contributed by atoms with Gasteiger partial charge in [0.25, 0.3) is 0 Å². The van der Waals surface area contributed by atoms with E-state index >= 15 is 0 Å². The van der Waals surface area contributed by atoms with E-state index in [2.05, 4.69) is 17.1 Å². The normalized spacial score (nSPS) is 16.7. The third-order valence-electron chi connectivity index (χ3n) is 4.27. The van der Waals surface area contributed by atoms with Gasteiger partial charge in [-0.1, -0.05) is 36.2 Å². The zero-order valence-corrected chi connectivity index (χ0v) is 15.3. The van der Waals surface area contributed by atoms with Crippen LogP contribution in [0.4, 0.5) is 0 Å². The zero-order valence-electron chi connectivity index (χ0n) is 13.8. The third-order valence-corrected chi connectivity index (χ3v) is 4.86. The molecule has 0 radical (unpaired) electrons. The van der Waals surface area contributed by atoms with Gasteiger partial charge >= 0.3 is 0 Å². The van der Waals surface area contributed by atoms with Gasteiger partial charge in [0.2, 0.25) is 5.91 Å². The molecule has 4 nitrogen and oxygen atoms in total. The number of likely N-dealkylation sites (tertiary alicyclic amines) is 1. The Labute approximate surface area is 148 Å². The first-order valence-electron chi connectivity index (χ1n) is 8.12. The largest absolute Gasteiger partial charge is 0.352 e. The Kier molecular flexibility index (Phi) is 7.15. The van der Waals surface area contributed by atoms with Crippen molar-refractivity contribution in [3.63, 3.8) is 0 Å². The highest BCUT2D eigenvalue weighted by Gasteiger charge is 2.20. The summed E-state index contributed by atoms with van der Waals surface area (Å²) < 4.78 is 0. The lowest BCUT2D eigenvalue weighted by atomic mass is 10.1. The van der Waals surface area contributed by atoms with Crippen molar-refractivity contribution in [2.45, 2.75) is 32.4 Å². The molecular formula is C17H25Cl2N3O. The number of benzene rings is 1. The van der Waals surface area contributed by atoms with Gasteiger partial charge in [0.15, 0.2) is 0 Å². The molecule has 1 aromatic rings. The van der Waals surface area contributed by atoms with E-state index in [9.17, 15) is 4.79 Å². The second-order valence-corrected chi connectivity index (χ2v) is 7.03. The number of nitrogens with one attached hydrogen (secondary N) is 1. The smallest absolute Gasteiger partial charge is 0.234 e. The summed E-state index contributed by atoms with van der Waals surface area (Å²) in [5.41, 5.74) is 0.975. The highest BCUT2D eigenvalue weighted by atomic mass is 35.5. The molecule has 23 heavy (non-hydrogen) atoms. The molecule has 1 aromatic carbocycles. The van der Waals surface area contributed by atoms with Crippen molar-refractivity contribution in [1.29, 1.82) is 0 Å². The maximum Gasteiger partial charge on any atom is 0.234 e. The summed E-state index contributed by atoms with van der Waals surface area (Å²) in [5, 5.41) is 4.40. The molecule has 6 heteroatoms. The van der Waals surface area contributed by atoms with Gasteiger partial charge in [-0.3, -0.25) is 9.69 Å². The van der Waals surface area contributed by atoms with Gasteiger partial charge in [-0.05, 0) is 44.1 Å². The highest BCUT2D eigenvalue weighted by molar-refractivity contribution is 6.35. The van der Waals surface area contributed by atoms with Crippen LogP contribution in [0.1, 0.15) is 25.3 Å². The fraction of sp³-hybridized carbons (Fsp3) is 0.588. The first-order valence-corrected chi connectivity index (χ1v) is 8.87. The fourth-order valence-corrected chi connectivity index (χ4v) is 3.38. The molecule has 0 aromatic heterocycles. The number of nitrogens with zero attached hydrogens (tertiary/aromatic N) is 2. The van der Waals surface area contributed by atoms with Crippen LogP contribution in [0.5, 0.6) is 0 Å². The maximum atomic E-state index is 12.2. The summed E-state index contributed by atoms with van der Waals surface area (Å²) in [6.07, 6.45) is 2.07. The van der Waals surface area contributed by atoms with Gasteiger partial charge in [0.1, 0.15) is 0 Å². The number of amides is 1. The zero-order chi connectivity index (χ0) is 16.8. The molecule has 128 valence electrons. The van der Waals surface area contributed by atoms with E-state index in [0.717, 1.165) is 38.0 Å². The third kappa shape index (κ3) is 5.96. The van der Waals surface area contributed by atoms with Crippen LogP contribution in [0.25, 0.3) is 0 Å². The first-order chi connectivity index (χ1) is 11.0. The summed E-state index contributed by atoms with van der Waals surface area (Å²) in [4.78, 5) is 16.6. The number of hydrogen-bond acceptors (Lipinski definition) is 3. The van der Waals surface area contributed by atoms with Crippen LogP contribution in [0.15, 0.2) is 18.2 Å². The van der Waals surface area contributed by atoms with Crippen molar-refractivity contribution in [1.82, 2.24) is 15.1 Å². The van der Waals surface area contributed by atoms with Crippen LogP contribution in [-0.4, -0.2) is 55.0 Å². The maximum absolute atomic E-state index is 12.2. The van der Waals surface area contributed by atoms with E-state index in [-0.39, 0.29) is 5.91 Å². The van der Waals surface area contributed by atoms with Crippen LogP contribution >= 0.6 is 23.2 Å². The predicted molar refractivity (Wildman–Crippen MR) is 96.1 cm³/mol. The standard InChI is InChI=1S/C17H25Cl2N3O/c1-3-22-8-6-15(7-9-22)20-17(23)12-21(2)11-13-4-5-14(18)10-16(13)19/h4-5,10,15H,3,6-9,11-12H2,1-2H3,(H,20,23). The summed E-state index contributed by atoms with van der Waals surface area (Å²) in [7, 11) is 1.92. The molecule has 1 fully saturated rings. The topological polar surface area (TPSA) is 35.6 Å². The number of likely N-dealkylation sites (N-methyl/N-ethyl adjacent to an activating group) is 1. The first kappa shape index (κ1) is 18.5. The second-order valence-electron chi connectivity index (χ2n) is 6.18. The number of piperidine rings is 1. The Morgan fingerprint density at radius 2 is 2.04 bits per heavy atom. The van der Waals surface area contributed by atoms with Gasteiger partial charge in [-0.2, -0.15) is 0 Å². The van der Waals surface area contributed by atoms with Crippen LogP contribution in [0.3, 0.4) is 0 Å². The summed E-state index contributed by atoms with van der Waals surface area (Å²) in [5.74, 6) is 0.0764. The van der Waals surface area contributed by atoms with E-state index in [4.69, 9.17) is 23.2 Å². The molecule has 1 saturated heterocycles. The SMILES string of the molecule is CCN1CCC(NC(=O)CN(C)Cc2ccc(Cl)cc2Cl)CC1. The number of halogens is 2. The average molecular weight is 358 g/mol. The molecule has 0 unspecified atom stereocenters. The lowest BCUT2D eigenvalue weighted by Crippen LogP contribution is -2.46. The quantitative estimate of drug-likeness (QED) is 0.849. The van der Waals surface area contributed by atoms with Crippen molar-refractivity contribution in [2.75, 3.05) is 33.2 Å². The minimum absolute atomic E-state index is 0.0764. The molecule has 0 bridgehead atoms. The average Bonchev–Trinajstić information content (AvgIpc) is 2.50. The minimum Gasteiger partial charge on any atom is -0.352 e. The molecule has 1 aliphatic rings. The van der Waals surface area contributed by atoms with Gasteiger partial charge < -0.3 is 10.2 Å². The Hall–Kier alpha value is -0.810. The van der Waals surface area contributed by atoms with Crippen molar-refractivity contribution < 1.29 is 4.79 Å². The van der Waals surface area contributed by atoms with E-state index in [0.29, 0.717) is 29.2 Å². The Morgan fingerprint density at radius 1 is 1.35 bits per heavy atom.